The SMILES string of the molecule is CCN(C(=O)c1cnccc1N)c1cccc(C)c1. The second kappa shape index (κ2) is 5.52. The van der Waals surface area contributed by atoms with Crippen molar-refractivity contribution < 1.29 is 4.79 Å². The summed E-state index contributed by atoms with van der Waals surface area (Å²) in [5.74, 6) is -0.126. The number of carbonyl (C=O) groups is 1. The topological polar surface area (TPSA) is 59.2 Å². The fraction of sp³-hybridized carbons (Fsp3) is 0.200. The molecule has 98 valence electrons. The van der Waals surface area contributed by atoms with Crippen LogP contribution in [0, 0.1) is 6.92 Å². The molecule has 4 heteroatoms. The molecule has 1 amide bonds. The van der Waals surface area contributed by atoms with Gasteiger partial charge in [-0.1, -0.05) is 12.1 Å². The van der Waals surface area contributed by atoms with E-state index >= 15 is 0 Å². The highest BCUT2D eigenvalue weighted by Gasteiger charge is 2.18. The third-order valence-corrected chi connectivity index (χ3v) is 2.96. The van der Waals surface area contributed by atoms with Crippen molar-refractivity contribution in [1.29, 1.82) is 0 Å². The molecule has 0 aliphatic rings. The number of rotatable bonds is 3. The molecular weight excluding hydrogens is 238 g/mol. The van der Waals surface area contributed by atoms with Gasteiger partial charge in [-0.25, -0.2) is 0 Å². The summed E-state index contributed by atoms with van der Waals surface area (Å²) in [6.45, 7) is 4.52. The van der Waals surface area contributed by atoms with E-state index in [1.54, 1.807) is 17.2 Å². The molecule has 0 bridgehead atoms. The summed E-state index contributed by atoms with van der Waals surface area (Å²) in [6.07, 6.45) is 3.09. The van der Waals surface area contributed by atoms with Crippen LogP contribution in [0.2, 0.25) is 0 Å². The number of nitrogens with zero attached hydrogens (tertiary/aromatic N) is 2. The second-order valence-electron chi connectivity index (χ2n) is 4.35. The molecule has 0 aliphatic carbocycles. The molecule has 0 saturated carbocycles. The van der Waals surface area contributed by atoms with E-state index in [1.807, 2.05) is 38.1 Å². The smallest absolute Gasteiger partial charge is 0.261 e. The first kappa shape index (κ1) is 13.1. The average molecular weight is 255 g/mol. The van der Waals surface area contributed by atoms with Crippen LogP contribution in [-0.2, 0) is 0 Å². The quantitative estimate of drug-likeness (QED) is 0.917. The molecule has 0 radical (unpaired) electrons. The van der Waals surface area contributed by atoms with Crippen molar-refractivity contribution in [2.75, 3.05) is 17.2 Å². The lowest BCUT2D eigenvalue weighted by atomic mass is 10.1. The Kier molecular flexibility index (Phi) is 3.80. The highest BCUT2D eigenvalue weighted by molar-refractivity contribution is 6.09. The number of aryl methyl sites for hydroxylation is 1. The number of benzene rings is 1. The largest absolute Gasteiger partial charge is 0.398 e. The molecule has 1 aromatic carbocycles. The first-order valence-corrected chi connectivity index (χ1v) is 6.21. The minimum atomic E-state index is -0.126. The standard InChI is InChI=1S/C15H17N3O/c1-3-18(12-6-4-5-11(2)9-12)15(19)13-10-17-8-7-14(13)16/h4-10H,3H2,1-2H3,(H2,16,17). The Hall–Kier alpha value is -2.36. The number of hydrogen-bond acceptors (Lipinski definition) is 3. The molecule has 0 saturated heterocycles. The molecule has 2 rings (SSSR count). The van der Waals surface area contributed by atoms with Crippen molar-refractivity contribution >= 4 is 17.3 Å². The van der Waals surface area contributed by atoms with Gasteiger partial charge in [0.05, 0.1) is 5.56 Å². The Bertz CT molecular complexity index is 595. The molecule has 1 heterocycles. The molecule has 0 unspecified atom stereocenters. The summed E-state index contributed by atoms with van der Waals surface area (Å²) in [7, 11) is 0. The number of anilines is 2. The second-order valence-corrected chi connectivity index (χ2v) is 4.35. The van der Waals surface area contributed by atoms with Crippen LogP contribution in [0.5, 0.6) is 0 Å². The van der Waals surface area contributed by atoms with E-state index in [1.165, 1.54) is 6.20 Å². The maximum Gasteiger partial charge on any atom is 0.261 e. The van der Waals surface area contributed by atoms with Gasteiger partial charge in [0.15, 0.2) is 0 Å². The summed E-state index contributed by atoms with van der Waals surface area (Å²) >= 11 is 0. The van der Waals surface area contributed by atoms with Crippen LogP contribution < -0.4 is 10.6 Å². The predicted molar refractivity (Wildman–Crippen MR) is 77.2 cm³/mol. The Balaban J connectivity index is 2.38. The first-order valence-electron chi connectivity index (χ1n) is 6.21. The maximum atomic E-state index is 12.5. The van der Waals surface area contributed by atoms with Crippen molar-refractivity contribution in [3.05, 3.63) is 53.9 Å². The lowest BCUT2D eigenvalue weighted by Gasteiger charge is -2.22. The average Bonchev–Trinajstić information content (AvgIpc) is 2.40. The van der Waals surface area contributed by atoms with Crippen molar-refractivity contribution in [1.82, 2.24) is 4.98 Å². The van der Waals surface area contributed by atoms with Crippen LogP contribution in [0.15, 0.2) is 42.7 Å². The summed E-state index contributed by atoms with van der Waals surface area (Å²) < 4.78 is 0. The number of nitrogens with two attached hydrogens (primary N) is 1. The van der Waals surface area contributed by atoms with Crippen molar-refractivity contribution in [2.24, 2.45) is 0 Å². The third-order valence-electron chi connectivity index (χ3n) is 2.96. The summed E-state index contributed by atoms with van der Waals surface area (Å²) in [6, 6.07) is 9.47. The lowest BCUT2D eigenvalue weighted by molar-refractivity contribution is 0.0989. The van der Waals surface area contributed by atoms with Crippen LogP contribution in [0.25, 0.3) is 0 Å². The molecule has 19 heavy (non-hydrogen) atoms. The van der Waals surface area contributed by atoms with E-state index in [0.29, 0.717) is 17.8 Å². The van der Waals surface area contributed by atoms with Gasteiger partial charge in [0.2, 0.25) is 0 Å². The van der Waals surface area contributed by atoms with Crippen LogP contribution in [-0.4, -0.2) is 17.4 Å². The number of hydrogen-bond donors (Lipinski definition) is 1. The van der Waals surface area contributed by atoms with Crippen molar-refractivity contribution in [2.45, 2.75) is 13.8 Å². The van der Waals surface area contributed by atoms with Crippen LogP contribution in [0.3, 0.4) is 0 Å². The van der Waals surface area contributed by atoms with Gasteiger partial charge in [-0.15, -0.1) is 0 Å². The zero-order chi connectivity index (χ0) is 13.8. The van der Waals surface area contributed by atoms with E-state index in [9.17, 15) is 4.79 Å². The van der Waals surface area contributed by atoms with Crippen LogP contribution in [0.4, 0.5) is 11.4 Å². The van der Waals surface area contributed by atoms with E-state index in [0.717, 1.165) is 11.3 Å². The number of nitrogen functional groups attached to an aromatic ring is 1. The van der Waals surface area contributed by atoms with Crippen LogP contribution >= 0.6 is 0 Å². The molecule has 0 spiro atoms. The summed E-state index contributed by atoms with van der Waals surface area (Å²) in [4.78, 5) is 18.2. The Morgan fingerprint density at radius 2 is 2.16 bits per heavy atom. The molecule has 0 fully saturated rings. The third kappa shape index (κ3) is 2.73. The number of aromatic nitrogens is 1. The highest BCUT2D eigenvalue weighted by Crippen LogP contribution is 2.20. The van der Waals surface area contributed by atoms with Crippen LogP contribution in [0.1, 0.15) is 22.8 Å². The van der Waals surface area contributed by atoms with Gasteiger partial charge in [-0.3, -0.25) is 9.78 Å². The minimum absolute atomic E-state index is 0.126. The molecule has 4 nitrogen and oxygen atoms in total. The molecule has 0 atom stereocenters. The molecular formula is C15H17N3O. The Morgan fingerprint density at radius 1 is 1.37 bits per heavy atom. The molecule has 2 N–H and O–H groups in total. The summed E-state index contributed by atoms with van der Waals surface area (Å²) in [5, 5.41) is 0. The zero-order valence-corrected chi connectivity index (χ0v) is 11.1. The Labute approximate surface area is 112 Å². The first-order chi connectivity index (χ1) is 9.13. The minimum Gasteiger partial charge on any atom is -0.398 e. The van der Waals surface area contributed by atoms with Gasteiger partial charge in [-0.05, 0) is 37.6 Å². The van der Waals surface area contributed by atoms with Gasteiger partial charge in [0, 0.05) is 30.3 Å². The fourth-order valence-corrected chi connectivity index (χ4v) is 1.97. The van der Waals surface area contributed by atoms with Gasteiger partial charge >= 0.3 is 0 Å². The number of amides is 1. The zero-order valence-electron chi connectivity index (χ0n) is 11.1. The number of carbonyl (C=O) groups excluding carboxylic acids is 1. The molecule has 2 aromatic rings. The highest BCUT2D eigenvalue weighted by atomic mass is 16.2. The predicted octanol–water partition coefficient (Wildman–Crippen LogP) is 2.64. The normalized spacial score (nSPS) is 10.2. The molecule has 0 aliphatic heterocycles. The van der Waals surface area contributed by atoms with E-state index in [4.69, 9.17) is 5.73 Å². The monoisotopic (exact) mass is 255 g/mol. The van der Waals surface area contributed by atoms with Gasteiger partial charge < -0.3 is 10.6 Å². The van der Waals surface area contributed by atoms with E-state index in [2.05, 4.69) is 4.98 Å². The van der Waals surface area contributed by atoms with Gasteiger partial charge in [0.25, 0.3) is 5.91 Å². The van der Waals surface area contributed by atoms with Gasteiger partial charge in [-0.2, -0.15) is 0 Å². The van der Waals surface area contributed by atoms with E-state index in [-0.39, 0.29) is 5.91 Å². The maximum absolute atomic E-state index is 12.5. The van der Waals surface area contributed by atoms with E-state index < -0.39 is 0 Å². The molecule has 1 aromatic heterocycles. The van der Waals surface area contributed by atoms with Crippen molar-refractivity contribution in [3.8, 4) is 0 Å². The lowest BCUT2D eigenvalue weighted by Crippen LogP contribution is -2.31. The van der Waals surface area contributed by atoms with Gasteiger partial charge in [0.1, 0.15) is 0 Å². The van der Waals surface area contributed by atoms with Crippen molar-refractivity contribution in [3.63, 3.8) is 0 Å². The fourth-order valence-electron chi connectivity index (χ4n) is 1.97. The Morgan fingerprint density at radius 3 is 2.79 bits per heavy atom. The summed E-state index contributed by atoms with van der Waals surface area (Å²) in [5.41, 5.74) is 8.71. The number of pyridine rings is 1.